The molecule has 0 spiro atoms. The Labute approximate surface area is 146 Å². The van der Waals surface area contributed by atoms with Crippen LogP contribution in [0.3, 0.4) is 0 Å². The van der Waals surface area contributed by atoms with Crippen LogP contribution in [0.5, 0.6) is 0 Å². The van der Waals surface area contributed by atoms with Gasteiger partial charge in [-0.15, -0.1) is 0 Å². The number of likely N-dealkylation sites (N-methyl/N-ethyl adjacent to an activating group) is 1. The molecule has 2 atom stereocenters. The number of benzene rings is 1. The Morgan fingerprint density at radius 1 is 1.38 bits per heavy atom. The van der Waals surface area contributed by atoms with E-state index in [0.717, 1.165) is 5.69 Å². The first-order valence-corrected chi connectivity index (χ1v) is 8.17. The zero-order chi connectivity index (χ0) is 18.1. The molecule has 1 aliphatic rings. The minimum atomic E-state index is -1.03. The smallest absolute Gasteiger partial charge is 0.411 e. The fraction of sp³-hybridized carbons (Fsp3) is 0.529. The Kier molecular flexibility index (Phi) is 5.28. The Morgan fingerprint density at radius 3 is 2.58 bits per heavy atom. The van der Waals surface area contributed by atoms with Crippen molar-refractivity contribution >= 4 is 29.4 Å². The lowest BCUT2D eigenvalue weighted by molar-refractivity contribution is -0.142. The summed E-state index contributed by atoms with van der Waals surface area (Å²) in [6, 6.07) is 6.30. The second-order valence-electron chi connectivity index (χ2n) is 6.97. The number of carbonyl (C=O) groups is 2. The highest BCUT2D eigenvalue weighted by Gasteiger charge is 2.43. The number of anilines is 1. The van der Waals surface area contributed by atoms with Gasteiger partial charge in [-0.25, -0.2) is 9.59 Å². The summed E-state index contributed by atoms with van der Waals surface area (Å²) in [7, 11) is 1.87. The third kappa shape index (κ3) is 4.32. The van der Waals surface area contributed by atoms with Crippen LogP contribution >= 0.6 is 11.6 Å². The molecule has 6 nitrogen and oxygen atoms in total. The lowest BCUT2D eigenvalue weighted by atomic mass is 10.1. The number of halogens is 1. The molecule has 1 heterocycles. The van der Waals surface area contributed by atoms with E-state index in [1.165, 1.54) is 4.90 Å². The van der Waals surface area contributed by atoms with Crippen molar-refractivity contribution < 1.29 is 19.4 Å². The van der Waals surface area contributed by atoms with E-state index in [1.807, 2.05) is 30.1 Å². The fourth-order valence-electron chi connectivity index (χ4n) is 2.76. The Balaban J connectivity index is 2.17. The van der Waals surface area contributed by atoms with Gasteiger partial charge in [-0.1, -0.05) is 17.7 Å². The first kappa shape index (κ1) is 18.4. The lowest BCUT2D eigenvalue weighted by Crippen LogP contribution is -2.44. The lowest BCUT2D eigenvalue weighted by Gasteiger charge is -2.28. The van der Waals surface area contributed by atoms with Gasteiger partial charge in [0.25, 0.3) is 0 Å². The molecular weight excluding hydrogens is 332 g/mol. The number of amides is 1. The number of hydrogen-bond donors (Lipinski definition) is 1. The van der Waals surface area contributed by atoms with Gasteiger partial charge >= 0.3 is 12.1 Å². The van der Waals surface area contributed by atoms with Gasteiger partial charge in [0.15, 0.2) is 0 Å². The molecular formula is C17H23ClN2O4. The normalized spacial score (nSPS) is 20.8. The van der Waals surface area contributed by atoms with E-state index in [0.29, 0.717) is 11.4 Å². The number of carbonyl (C=O) groups excluding carboxylic acids is 1. The number of carboxylic acids is 1. The van der Waals surface area contributed by atoms with Crippen molar-refractivity contribution in [2.45, 2.75) is 44.9 Å². The second-order valence-corrected chi connectivity index (χ2v) is 7.40. The fourth-order valence-corrected chi connectivity index (χ4v) is 2.94. The predicted molar refractivity (Wildman–Crippen MR) is 92.6 cm³/mol. The summed E-state index contributed by atoms with van der Waals surface area (Å²) >= 11 is 6.02. The molecule has 0 saturated carbocycles. The van der Waals surface area contributed by atoms with Gasteiger partial charge in [-0.3, -0.25) is 4.90 Å². The van der Waals surface area contributed by atoms with Crippen molar-refractivity contribution in [2.75, 3.05) is 18.5 Å². The molecule has 0 unspecified atom stereocenters. The Hall–Kier alpha value is -1.95. The molecule has 1 saturated heterocycles. The second kappa shape index (κ2) is 6.89. The average molecular weight is 355 g/mol. The van der Waals surface area contributed by atoms with E-state index in [2.05, 4.69) is 0 Å². The minimum Gasteiger partial charge on any atom is -0.480 e. The zero-order valence-electron chi connectivity index (χ0n) is 14.3. The largest absolute Gasteiger partial charge is 0.480 e. The number of ether oxygens (including phenoxy) is 1. The van der Waals surface area contributed by atoms with Crippen LogP contribution in [-0.4, -0.2) is 53.3 Å². The quantitative estimate of drug-likeness (QED) is 0.902. The molecule has 1 aromatic carbocycles. The van der Waals surface area contributed by atoms with Crippen molar-refractivity contribution in [3.05, 3.63) is 29.3 Å². The first-order valence-electron chi connectivity index (χ1n) is 7.79. The van der Waals surface area contributed by atoms with Gasteiger partial charge in [0.2, 0.25) is 0 Å². The predicted octanol–water partition coefficient (Wildman–Crippen LogP) is 3.24. The molecule has 2 rings (SSSR count). The van der Waals surface area contributed by atoms with Crippen molar-refractivity contribution in [1.82, 2.24) is 4.90 Å². The zero-order valence-corrected chi connectivity index (χ0v) is 15.1. The maximum atomic E-state index is 12.3. The molecule has 7 heteroatoms. The maximum Gasteiger partial charge on any atom is 0.411 e. The first-order chi connectivity index (χ1) is 11.1. The summed E-state index contributed by atoms with van der Waals surface area (Å²) in [5, 5.41) is 10.1. The van der Waals surface area contributed by atoms with Gasteiger partial charge in [0.1, 0.15) is 11.6 Å². The SMILES string of the molecule is CN(c1cccc(Cl)c1)[C@H]1C[C@@H](C(=O)O)N(C(=O)OC(C)(C)C)C1. The highest BCUT2D eigenvalue weighted by atomic mass is 35.5. The molecule has 1 N–H and O–H groups in total. The van der Waals surface area contributed by atoms with Crippen LogP contribution in [0, 0.1) is 0 Å². The van der Waals surface area contributed by atoms with Gasteiger partial charge in [-0.05, 0) is 39.0 Å². The van der Waals surface area contributed by atoms with Crippen LogP contribution in [0.1, 0.15) is 27.2 Å². The molecule has 1 aromatic rings. The number of rotatable bonds is 3. The summed E-state index contributed by atoms with van der Waals surface area (Å²) in [4.78, 5) is 27.1. The topological polar surface area (TPSA) is 70.1 Å². The molecule has 132 valence electrons. The van der Waals surface area contributed by atoms with Crippen LogP contribution in [0.2, 0.25) is 5.02 Å². The Bertz CT molecular complexity index is 629. The van der Waals surface area contributed by atoms with E-state index in [-0.39, 0.29) is 12.6 Å². The van der Waals surface area contributed by atoms with Gasteiger partial charge in [0.05, 0.1) is 0 Å². The number of nitrogens with zero attached hydrogens (tertiary/aromatic N) is 2. The van der Waals surface area contributed by atoms with Crippen molar-refractivity contribution in [1.29, 1.82) is 0 Å². The standard InChI is InChI=1S/C17H23ClN2O4/c1-17(2,3)24-16(23)20-10-13(9-14(20)15(21)22)19(4)12-7-5-6-11(18)8-12/h5-8,13-14H,9-10H2,1-4H3,(H,21,22)/t13-,14-/m0/s1. The number of aliphatic carboxylic acids is 1. The molecule has 24 heavy (non-hydrogen) atoms. The molecule has 0 bridgehead atoms. The van der Waals surface area contributed by atoms with Crippen LogP contribution < -0.4 is 4.90 Å². The van der Waals surface area contributed by atoms with E-state index >= 15 is 0 Å². The van der Waals surface area contributed by atoms with E-state index in [1.54, 1.807) is 26.8 Å². The molecule has 0 radical (unpaired) electrons. The van der Waals surface area contributed by atoms with E-state index in [4.69, 9.17) is 16.3 Å². The van der Waals surface area contributed by atoms with Crippen molar-refractivity contribution in [3.63, 3.8) is 0 Å². The summed E-state index contributed by atoms with van der Waals surface area (Å²) in [5.74, 6) is -1.03. The highest BCUT2D eigenvalue weighted by molar-refractivity contribution is 6.30. The highest BCUT2D eigenvalue weighted by Crippen LogP contribution is 2.28. The van der Waals surface area contributed by atoms with Gasteiger partial charge < -0.3 is 14.7 Å². The van der Waals surface area contributed by atoms with Crippen molar-refractivity contribution in [3.8, 4) is 0 Å². The van der Waals surface area contributed by atoms with Crippen molar-refractivity contribution in [2.24, 2.45) is 0 Å². The molecule has 0 aliphatic carbocycles. The number of carboxylic acid groups (broad SMARTS) is 1. The monoisotopic (exact) mass is 354 g/mol. The third-order valence-corrected chi connectivity index (χ3v) is 4.19. The van der Waals surface area contributed by atoms with E-state index < -0.39 is 23.7 Å². The summed E-state index contributed by atoms with van der Waals surface area (Å²) in [6.07, 6.45) is -0.269. The minimum absolute atomic E-state index is 0.128. The maximum absolute atomic E-state index is 12.3. The van der Waals surface area contributed by atoms with Crippen LogP contribution in [0.25, 0.3) is 0 Å². The van der Waals surface area contributed by atoms with Crippen LogP contribution in [-0.2, 0) is 9.53 Å². The molecule has 1 aliphatic heterocycles. The van der Waals surface area contributed by atoms with Crippen LogP contribution in [0.15, 0.2) is 24.3 Å². The number of likely N-dealkylation sites (tertiary alicyclic amines) is 1. The Morgan fingerprint density at radius 2 is 2.04 bits per heavy atom. The molecule has 1 amide bonds. The van der Waals surface area contributed by atoms with E-state index in [9.17, 15) is 14.7 Å². The summed E-state index contributed by atoms with van der Waals surface area (Å²) in [6.45, 7) is 5.56. The summed E-state index contributed by atoms with van der Waals surface area (Å²) in [5.41, 5.74) is 0.208. The summed E-state index contributed by atoms with van der Waals surface area (Å²) < 4.78 is 5.34. The van der Waals surface area contributed by atoms with Gasteiger partial charge in [-0.2, -0.15) is 0 Å². The molecule has 0 aromatic heterocycles. The molecule has 1 fully saturated rings. The number of hydrogen-bond acceptors (Lipinski definition) is 4. The van der Waals surface area contributed by atoms with Gasteiger partial charge in [0, 0.05) is 36.8 Å². The average Bonchev–Trinajstić information content (AvgIpc) is 2.90. The third-order valence-electron chi connectivity index (χ3n) is 3.96. The van der Waals surface area contributed by atoms with Crippen LogP contribution in [0.4, 0.5) is 10.5 Å².